The maximum atomic E-state index is 5.55. The highest BCUT2D eigenvalue weighted by Gasteiger charge is 2.19. The van der Waals surface area contributed by atoms with E-state index < -0.39 is 0 Å². The third-order valence-electron chi connectivity index (χ3n) is 1.06. The highest BCUT2D eigenvalue weighted by atomic mass is 79.9. The molecule has 0 amide bonds. The summed E-state index contributed by atoms with van der Waals surface area (Å²) in [5.74, 6) is 0.523. The molecular weight excluding hydrogens is 191 g/mol. The molecule has 0 aromatic rings. The van der Waals surface area contributed by atoms with Gasteiger partial charge in [-0.05, 0) is 6.92 Å². The van der Waals surface area contributed by atoms with Crippen molar-refractivity contribution >= 4 is 27.5 Å². The molecule has 50 valence electrons. The summed E-state index contributed by atoms with van der Waals surface area (Å²) in [7, 11) is 1.66. The van der Waals surface area contributed by atoms with Crippen molar-refractivity contribution in [2.75, 3.05) is 18.3 Å². The first kappa shape index (κ1) is 8.73. The van der Waals surface area contributed by atoms with E-state index in [1.807, 2.05) is 6.92 Å². The van der Waals surface area contributed by atoms with Crippen molar-refractivity contribution < 1.29 is 4.74 Å². The van der Waals surface area contributed by atoms with Crippen molar-refractivity contribution in [1.29, 1.82) is 0 Å². The zero-order chi connectivity index (χ0) is 6.62. The van der Waals surface area contributed by atoms with Crippen LogP contribution >= 0.6 is 27.5 Å². The summed E-state index contributed by atoms with van der Waals surface area (Å²) in [4.78, 5) is 0. The lowest BCUT2D eigenvalue weighted by molar-refractivity contribution is 0.0482. The molecule has 0 aromatic carbocycles. The van der Waals surface area contributed by atoms with Crippen molar-refractivity contribution in [3.8, 4) is 0 Å². The van der Waals surface area contributed by atoms with Gasteiger partial charge in [0.05, 0.1) is 11.5 Å². The van der Waals surface area contributed by atoms with Crippen molar-refractivity contribution in [3.63, 3.8) is 0 Å². The first-order valence-electron chi connectivity index (χ1n) is 2.35. The largest absolute Gasteiger partial charge is 0.376 e. The minimum absolute atomic E-state index is 0.193. The zero-order valence-electron chi connectivity index (χ0n) is 5.08. The summed E-state index contributed by atoms with van der Waals surface area (Å²) < 4.78 is 5.06. The van der Waals surface area contributed by atoms with Crippen LogP contribution in [0.1, 0.15) is 6.92 Å². The molecule has 0 bridgehead atoms. The minimum Gasteiger partial charge on any atom is -0.376 e. The molecule has 8 heavy (non-hydrogen) atoms. The summed E-state index contributed by atoms with van der Waals surface area (Å²) in [6.45, 7) is 1.95. The highest BCUT2D eigenvalue weighted by Crippen LogP contribution is 2.13. The fourth-order valence-electron chi connectivity index (χ4n) is 0.145. The molecule has 0 saturated carbocycles. The second-order valence-electron chi connectivity index (χ2n) is 1.92. The van der Waals surface area contributed by atoms with E-state index >= 15 is 0 Å². The van der Waals surface area contributed by atoms with Gasteiger partial charge in [-0.15, -0.1) is 11.6 Å². The number of hydrogen-bond acceptors (Lipinski definition) is 1. The van der Waals surface area contributed by atoms with Crippen molar-refractivity contribution in [1.82, 2.24) is 0 Å². The molecule has 0 aromatic heterocycles. The summed E-state index contributed by atoms with van der Waals surface area (Å²) in [5.41, 5.74) is -0.193. The molecule has 0 heterocycles. The van der Waals surface area contributed by atoms with E-state index in [2.05, 4.69) is 15.9 Å². The van der Waals surface area contributed by atoms with E-state index in [0.29, 0.717) is 5.88 Å². The Morgan fingerprint density at radius 2 is 2.25 bits per heavy atom. The standard InChI is InChI=1S/C5H10BrClO/c1-5(3-6,4-7)8-2/h3-4H2,1-2H3. The number of hydrogen-bond donors (Lipinski definition) is 0. The number of rotatable bonds is 3. The van der Waals surface area contributed by atoms with E-state index in [1.54, 1.807) is 7.11 Å². The molecule has 0 aliphatic rings. The molecule has 0 rings (SSSR count). The average molecular weight is 201 g/mol. The predicted octanol–water partition coefficient (Wildman–Crippen LogP) is 2.03. The molecular formula is C5H10BrClO. The smallest absolute Gasteiger partial charge is 0.0881 e. The Balaban J connectivity index is 3.58. The molecule has 0 radical (unpaired) electrons. The first-order valence-corrected chi connectivity index (χ1v) is 4.01. The van der Waals surface area contributed by atoms with Crippen LogP contribution < -0.4 is 0 Å². The van der Waals surface area contributed by atoms with Crippen LogP contribution in [-0.4, -0.2) is 23.9 Å². The Morgan fingerprint density at radius 3 is 2.25 bits per heavy atom. The molecule has 0 aliphatic heterocycles. The highest BCUT2D eigenvalue weighted by molar-refractivity contribution is 9.09. The zero-order valence-corrected chi connectivity index (χ0v) is 7.42. The Morgan fingerprint density at radius 1 is 1.75 bits per heavy atom. The van der Waals surface area contributed by atoms with E-state index in [9.17, 15) is 0 Å². The molecule has 1 nitrogen and oxygen atoms in total. The van der Waals surface area contributed by atoms with Crippen LogP contribution in [0.15, 0.2) is 0 Å². The van der Waals surface area contributed by atoms with Crippen LogP contribution in [0.4, 0.5) is 0 Å². The fourth-order valence-corrected chi connectivity index (χ4v) is 1.00. The van der Waals surface area contributed by atoms with Gasteiger partial charge < -0.3 is 4.74 Å². The maximum Gasteiger partial charge on any atom is 0.0881 e. The number of methoxy groups -OCH3 is 1. The monoisotopic (exact) mass is 200 g/mol. The summed E-state index contributed by atoms with van der Waals surface area (Å²) >= 11 is 8.84. The van der Waals surface area contributed by atoms with Crippen LogP contribution in [0.25, 0.3) is 0 Å². The molecule has 1 atom stereocenters. The van der Waals surface area contributed by atoms with Crippen LogP contribution in [0.3, 0.4) is 0 Å². The SMILES string of the molecule is COC(C)(CCl)CBr. The predicted molar refractivity (Wildman–Crippen MR) is 39.9 cm³/mol. The topological polar surface area (TPSA) is 9.23 Å². The Kier molecular flexibility index (Phi) is 4.04. The second kappa shape index (κ2) is 3.70. The fraction of sp³-hybridized carbons (Fsp3) is 1.00. The first-order chi connectivity index (χ1) is 3.68. The number of halogens is 2. The molecule has 0 aliphatic carbocycles. The Labute approximate surface area is 63.5 Å². The van der Waals surface area contributed by atoms with Gasteiger partial charge in [0.1, 0.15) is 0 Å². The van der Waals surface area contributed by atoms with E-state index in [4.69, 9.17) is 16.3 Å². The second-order valence-corrected chi connectivity index (χ2v) is 2.75. The molecule has 0 spiro atoms. The van der Waals surface area contributed by atoms with Gasteiger partial charge in [0, 0.05) is 12.4 Å². The number of alkyl halides is 2. The maximum absolute atomic E-state index is 5.55. The minimum atomic E-state index is -0.193. The normalized spacial score (nSPS) is 18.0. The van der Waals surface area contributed by atoms with Crippen LogP contribution in [0.2, 0.25) is 0 Å². The quantitative estimate of drug-likeness (QED) is 0.635. The van der Waals surface area contributed by atoms with Crippen molar-refractivity contribution in [3.05, 3.63) is 0 Å². The average Bonchev–Trinajstić information content (AvgIpc) is 1.87. The van der Waals surface area contributed by atoms with Crippen LogP contribution in [0.5, 0.6) is 0 Å². The van der Waals surface area contributed by atoms with E-state index in [-0.39, 0.29) is 5.60 Å². The lowest BCUT2D eigenvalue weighted by atomic mass is 10.2. The molecule has 0 fully saturated rings. The van der Waals surface area contributed by atoms with Crippen molar-refractivity contribution in [2.45, 2.75) is 12.5 Å². The van der Waals surface area contributed by atoms with Gasteiger partial charge in [0.25, 0.3) is 0 Å². The van der Waals surface area contributed by atoms with Gasteiger partial charge in [-0.1, -0.05) is 15.9 Å². The summed E-state index contributed by atoms with van der Waals surface area (Å²) in [5, 5.41) is 0.778. The van der Waals surface area contributed by atoms with Gasteiger partial charge in [-0.25, -0.2) is 0 Å². The van der Waals surface area contributed by atoms with E-state index in [1.165, 1.54) is 0 Å². The van der Waals surface area contributed by atoms with Crippen LogP contribution in [-0.2, 0) is 4.74 Å². The van der Waals surface area contributed by atoms with Crippen LogP contribution in [0, 0.1) is 0 Å². The van der Waals surface area contributed by atoms with E-state index in [0.717, 1.165) is 5.33 Å². The molecule has 0 N–H and O–H groups in total. The molecule has 0 saturated heterocycles. The third-order valence-corrected chi connectivity index (χ3v) is 2.81. The van der Waals surface area contributed by atoms with Gasteiger partial charge in [-0.2, -0.15) is 0 Å². The van der Waals surface area contributed by atoms with Gasteiger partial charge in [0.15, 0.2) is 0 Å². The number of ether oxygens (including phenoxy) is 1. The summed E-state index contributed by atoms with van der Waals surface area (Å²) in [6.07, 6.45) is 0. The van der Waals surface area contributed by atoms with Gasteiger partial charge in [-0.3, -0.25) is 0 Å². The molecule has 3 heteroatoms. The lowest BCUT2D eigenvalue weighted by Crippen LogP contribution is -2.30. The summed E-state index contributed by atoms with van der Waals surface area (Å²) in [6, 6.07) is 0. The lowest BCUT2D eigenvalue weighted by Gasteiger charge is -2.21. The third kappa shape index (κ3) is 2.33. The van der Waals surface area contributed by atoms with Gasteiger partial charge >= 0.3 is 0 Å². The Bertz CT molecular complexity index is 55.2. The molecule has 1 unspecified atom stereocenters. The van der Waals surface area contributed by atoms with Crippen molar-refractivity contribution in [2.24, 2.45) is 0 Å². The van der Waals surface area contributed by atoms with Gasteiger partial charge in [0.2, 0.25) is 0 Å². The Hall–Kier alpha value is 0.730.